The number of fused-ring (bicyclic) bond motifs is 1. The van der Waals surface area contributed by atoms with Crippen molar-refractivity contribution < 1.29 is 5.11 Å². The first-order valence-electron chi connectivity index (χ1n) is 5.94. The average Bonchev–Trinajstić information content (AvgIpc) is 2.72. The Labute approximate surface area is 105 Å². The Morgan fingerprint density at radius 1 is 1.17 bits per heavy atom. The number of nitrogens with zero attached hydrogens (tertiary/aromatic N) is 1. The van der Waals surface area contributed by atoms with E-state index in [9.17, 15) is 5.11 Å². The summed E-state index contributed by atoms with van der Waals surface area (Å²) in [6.07, 6.45) is 0.798. The number of nitrogens with one attached hydrogen (secondary N) is 1. The van der Waals surface area contributed by atoms with E-state index in [0.29, 0.717) is 0 Å². The van der Waals surface area contributed by atoms with Gasteiger partial charge in [-0.15, -0.1) is 0 Å². The van der Waals surface area contributed by atoms with Gasteiger partial charge in [-0.25, -0.2) is 0 Å². The van der Waals surface area contributed by atoms with Gasteiger partial charge in [-0.1, -0.05) is 29.8 Å². The van der Waals surface area contributed by atoms with Crippen LogP contribution in [0.5, 0.6) is 5.75 Å². The highest BCUT2D eigenvalue weighted by molar-refractivity contribution is 5.82. The van der Waals surface area contributed by atoms with Crippen LogP contribution in [0.15, 0.2) is 42.5 Å². The van der Waals surface area contributed by atoms with E-state index in [-0.39, 0.29) is 5.75 Å². The number of phenolic OH excluding ortho intramolecular Hbond substituents is 1. The minimum absolute atomic E-state index is 0.258. The third-order valence-electron chi connectivity index (χ3n) is 3.08. The molecule has 3 nitrogen and oxygen atoms in total. The van der Waals surface area contributed by atoms with E-state index in [1.165, 1.54) is 11.1 Å². The molecule has 2 aromatic carbocycles. The van der Waals surface area contributed by atoms with Crippen LogP contribution in [-0.4, -0.2) is 15.3 Å². The molecule has 0 aliphatic carbocycles. The summed E-state index contributed by atoms with van der Waals surface area (Å²) in [5, 5.41) is 17.8. The van der Waals surface area contributed by atoms with E-state index in [1.54, 1.807) is 12.1 Å². The Morgan fingerprint density at radius 3 is 2.89 bits per heavy atom. The lowest BCUT2D eigenvalue weighted by molar-refractivity contribution is 0.476. The van der Waals surface area contributed by atoms with Crippen LogP contribution < -0.4 is 0 Å². The summed E-state index contributed by atoms with van der Waals surface area (Å²) in [6, 6.07) is 13.7. The largest absolute Gasteiger partial charge is 0.508 e. The van der Waals surface area contributed by atoms with Crippen LogP contribution in [0.4, 0.5) is 0 Å². The highest BCUT2D eigenvalue weighted by atomic mass is 16.3. The molecule has 18 heavy (non-hydrogen) atoms. The van der Waals surface area contributed by atoms with Crippen molar-refractivity contribution in [3.05, 3.63) is 59.3 Å². The molecule has 1 heterocycles. The van der Waals surface area contributed by atoms with Crippen molar-refractivity contribution >= 4 is 10.9 Å². The maximum atomic E-state index is 9.42. The van der Waals surface area contributed by atoms with Gasteiger partial charge in [-0.2, -0.15) is 5.10 Å². The predicted octanol–water partition coefficient (Wildman–Crippen LogP) is 3.17. The number of aromatic hydroxyl groups is 1. The summed E-state index contributed by atoms with van der Waals surface area (Å²) < 4.78 is 0. The zero-order chi connectivity index (χ0) is 12.5. The first-order chi connectivity index (χ1) is 8.72. The standard InChI is InChI=1S/C15H14N2O/c1-10-3-2-4-11(7-10)8-14-13-6-5-12(18)9-15(13)17-16-14/h2-7,9,18H,8H2,1H3,(H,16,17). The van der Waals surface area contributed by atoms with Crippen LogP contribution in [-0.2, 0) is 6.42 Å². The van der Waals surface area contributed by atoms with Crippen LogP contribution in [0, 0.1) is 6.92 Å². The van der Waals surface area contributed by atoms with Crippen molar-refractivity contribution in [2.45, 2.75) is 13.3 Å². The minimum Gasteiger partial charge on any atom is -0.508 e. The van der Waals surface area contributed by atoms with E-state index < -0.39 is 0 Å². The van der Waals surface area contributed by atoms with Crippen molar-refractivity contribution in [3.8, 4) is 5.75 Å². The van der Waals surface area contributed by atoms with Gasteiger partial charge in [0, 0.05) is 17.9 Å². The van der Waals surface area contributed by atoms with Crippen molar-refractivity contribution in [1.82, 2.24) is 10.2 Å². The quantitative estimate of drug-likeness (QED) is 0.720. The zero-order valence-corrected chi connectivity index (χ0v) is 10.1. The smallest absolute Gasteiger partial charge is 0.117 e. The number of hydrogen-bond donors (Lipinski definition) is 2. The van der Waals surface area contributed by atoms with Crippen LogP contribution >= 0.6 is 0 Å². The molecule has 1 aromatic heterocycles. The van der Waals surface area contributed by atoms with Gasteiger partial charge < -0.3 is 5.11 Å². The number of benzene rings is 2. The Bertz CT molecular complexity index is 701. The fourth-order valence-corrected chi connectivity index (χ4v) is 2.21. The van der Waals surface area contributed by atoms with Crippen molar-refractivity contribution in [3.63, 3.8) is 0 Å². The first kappa shape index (κ1) is 10.8. The first-order valence-corrected chi connectivity index (χ1v) is 5.94. The van der Waals surface area contributed by atoms with E-state index in [4.69, 9.17) is 0 Å². The van der Waals surface area contributed by atoms with Crippen LogP contribution in [0.3, 0.4) is 0 Å². The van der Waals surface area contributed by atoms with Gasteiger partial charge >= 0.3 is 0 Å². The normalized spacial score (nSPS) is 10.9. The molecule has 0 saturated carbocycles. The Kier molecular flexibility index (Phi) is 2.52. The number of rotatable bonds is 2. The summed E-state index contributed by atoms with van der Waals surface area (Å²) in [6.45, 7) is 2.09. The second-order valence-electron chi connectivity index (χ2n) is 4.57. The van der Waals surface area contributed by atoms with Gasteiger partial charge in [0.15, 0.2) is 0 Å². The molecule has 0 unspecified atom stereocenters. The van der Waals surface area contributed by atoms with E-state index >= 15 is 0 Å². The topological polar surface area (TPSA) is 48.9 Å². The third kappa shape index (κ3) is 1.95. The summed E-state index contributed by atoms with van der Waals surface area (Å²) in [5.74, 6) is 0.258. The molecule has 3 aromatic rings. The van der Waals surface area contributed by atoms with Gasteiger partial charge in [0.1, 0.15) is 5.75 Å². The van der Waals surface area contributed by atoms with Crippen molar-refractivity contribution in [2.75, 3.05) is 0 Å². The SMILES string of the molecule is Cc1cccc(Cc2n[nH]c3cc(O)ccc23)c1. The number of aryl methyl sites for hydroxylation is 1. The Hall–Kier alpha value is -2.29. The van der Waals surface area contributed by atoms with Crippen LogP contribution in [0.2, 0.25) is 0 Å². The number of aromatic nitrogens is 2. The summed E-state index contributed by atoms with van der Waals surface area (Å²) in [7, 11) is 0. The Balaban J connectivity index is 2.00. The van der Waals surface area contributed by atoms with Gasteiger partial charge in [0.2, 0.25) is 0 Å². The molecule has 0 spiro atoms. The minimum atomic E-state index is 0.258. The number of phenols is 1. The molecule has 3 heteroatoms. The Morgan fingerprint density at radius 2 is 2.06 bits per heavy atom. The van der Waals surface area contributed by atoms with Crippen LogP contribution in [0.25, 0.3) is 10.9 Å². The van der Waals surface area contributed by atoms with Gasteiger partial charge in [-0.05, 0) is 24.6 Å². The summed E-state index contributed by atoms with van der Waals surface area (Å²) in [5.41, 5.74) is 4.38. The van der Waals surface area contributed by atoms with E-state index in [1.807, 2.05) is 6.07 Å². The summed E-state index contributed by atoms with van der Waals surface area (Å²) >= 11 is 0. The molecular formula is C15H14N2O. The average molecular weight is 238 g/mol. The second-order valence-corrected chi connectivity index (χ2v) is 4.57. The molecule has 90 valence electrons. The van der Waals surface area contributed by atoms with E-state index in [2.05, 4.69) is 41.4 Å². The fourth-order valence-electron chi connectivity index (χ4n) is 2.21. The molecule has 0 aliphatic heterocycles. The predicted molar refractivity (Wildman–Crippen MR) is 71.7 cm³/mol. The lowest BCUT2D eigenvalue weighted by atomic mass is 10.0. The molecule has 2 N–H and O–H groups in total. The molecule has 0 aliphatic rings. The highest BCUT2D eigenvalue weighted by Gasteiger charge is 2.07. The number of hydrogen-bond acceptors (Lipinski definition) is 2. The molecule has 0 atom stereocenters. The van der Waals surface area contributed by atoms with E-state index in [0.717, 1.165) is 23.0 Å². The highest BCUT2D eigenvalue weighted by Crippen LogP contribution is 2.22. The summed E-state index contributed by atoms with van der Waals surface area (Å²) in [4.78, 5) is 0. The van der Waals surface area contributed by atoms with Crippen LogP contribution in [0.1, 0.15) is 16.8 Å². The molecular weight excluding hydrogens is 224 g/mol. The lowest BCUT2D eigenvalue weighted by Crippen LogP contribution is -1.89. The maximum absolute atomic E-state index is 9.42. The zero-order valence-electron chi connectivity index (χ0n) is 10.1. The molecule has 0 bridgehead atoms. The molecule has 3 rings (SSSR count). The number of H-pyrrole nitrogens is 1. The molecule has 0 radical (unpaired) electrons. The molecule has 0 amide bonds. The second kappa shape index (κ2) is 4.18. The number of aromatic amines is 1. The molecule has 0 fully saturated rings. The third-order valence-corrected chi connectivity index (χ3v) is 3.08. The van der Waals surface area contributed by atoms with Gasteiger partial charge in [-0.3, -0.25) is 5.10 Å². The van der Waals surface area contributed by atoms with Crippen molar-refractivity contribution in [1.29, 1.82) is 0 Å². The van der Waals surface area contributed by atoms with Gasteiger partial charge in [0.05, 0.1) is 11.2 Å². The maximum Gasteiger partial charge on any atom is 0.117 e. The van der Waals surface area contributed by atoms with Crippen molar-refractivity contribution in [2.24, 2.45) is 0 Å². The fraction of sp³-hybridized carbons (Fsp3) is 0.133. The monoisotopic (exact) mass is 238 g/mol. The van der Waals surface area contributed by atoms with Gasteiger partial charge in [0.25, 0.3) is 0 Å². The lowest BCUT2D eigenvalue weighted by Gasteiger charge is -2.00. The molecule has 0 saturated heterocycles.